The third-order valence-electron chi connectivity index (χ3n) is 9.52. The van der Waals surface area contributed by atoms with Gasteiger partial charge in [0, 0.05) is 38.5 Å². The number of rotatable bonds is 8. The molecule has 1 N–H and O–H groups in total. The van der Waals surface area contributed by atoms with Gasteiger partial charge in [-0.15, -0.1) is 5.10 Å². The first-order valence-corrected chi connectivity index (χ1v) is 16.9. The first kappa shape index (κ1) is 33.7. The Morgan fingerprint density at radius 2 is 1.90 bits per heavy atom. The summed E-state index contributed by atoms with van der Waals surface area (Å²) in [6.07, 6.45) is 2.43. The molecule has 0 radical (unpaired) electrons. The lowest BCUT2D eigenvalue weighted by Crippen LogP contribution is -2.50. The summed E-state index contributed by atoms with van der Waals surface area (Å²) >= 11 is 0. The summed E-state index contributed by atoms with van der Waals surface area (Å²) in [5, 5.41) is 18.7. The molecule has 4 heterocycles. The molecule has 12 nitrogen and oxygen atoms in total. The summed E-state index contributed by atoms with van der Waals surface area (Å²) in [6.45, 7) is 4.39. The van der Waals surface area contributed by atoms with Gasteiger partial charge < -0.3 is 19.3 Å². The number of hydrogen-bond acceptors (Lipinski definition) is 9. The number of pyridine rings is 1. The molecular formula is C33H37F2N5O7S. The van der Waals surface area contributed by atoms with Gasteiger partial charge in [-0.1, -0.05) is 23.4 Å². The smallest absolute Gasteiger partial charge is 0.387 e. The Morgan fingerprint density at radius 3 is 2.58 bits per heavy atom. The van der Waals surface area contributed by atoms with Crippen LogP contribution >= 0.6 is 0 Å². The molecule has 1 saturated heterocycles. The van der Waals surface area contributed by atoms with E-state index < -0.39 is 39.5 Å². The van der Waals surface area contributed by atoms with E-state index in [-0.39, 0.29) is 35.1 Å². The second kappa shape index (κ2) is 12.3. The minimum atomic E-state index is -4.08. The average Bonchev–Trinajstić information content (AvgIpc) is 3.39. The monoisotopic (exact) mass is 685 g/mol. The van der Waals surface area contributed by atoms with Crippen molar-refractivity contribution in [3.05, 3.63) is 70.4 Å². The van der Waals surface area contributed by atoms with Crippen LogP contribution in [-0.2, 0) is 33.1 Å². The Balaban J connectivity index is 1.49. The fraction of sp³-hybridized carbons (Fsp3) is 0.455. The van der Waals surface area contributed by atoms with Crippen LogP contribution in [0.3, 0.4) is 0 Å². The number of aryl methyl sites for hydroxylation is 3. The molecule has 2 aliphatic rings. The maximum absolute atomic E-state index is 14.2. The highest BCUT2D eigenvalue weighted by Crippen LogP contribution is 2.46. The summed E-state index contributed by atoms with van der Waals surface area (Å²) in [6, 6.07) is 9.83. The van der Waals surface area contributed by atoms with E-state index in [9.17, 15) is 27.1 Å². The normalized spacial score (nSPS) is 18.3. The van der Waals surface area contributed by atoms with Crippen LogP contribution in [0, 0.1) is 19.3 Å². The van der Waals surface area contributed by atoms with Gasteiger partial charge in [-0.25, -0.2) is 18.1 Å². The Hall–Kier alpha value is -4.21. The van der Waals surface area contributed by atoms with E-state index in [0.29, 0.717) is 53.8 Å². The molecule has 256 valence electrons. The highest BCUT2D eigenvalue weighted by molar-refractivity contribution is 7.89. The van der Waals surface area contributed by atoms with Crippen molar-refractivity contribution in [2.45, 2.75) is 70.1 Å². The number of benzene rings is 2. The molecule has 1 fully saturated rings. The third-order valence-corrected chi connectivity index (χ3v) is 11.3. The van der Waals surface area contributed by atoms with Crippen molar-refractivity contribution in [3.63, 3.8) is 0 Å². The third kappa shape index (κ3) is 5.87. The van der Waals surface area contributed by atoms with E-state index in [4.69, 9.17) is 14.2 Å². The fourth-order valence-corrected chi connectivity index (χ4v) is 8.30. The number of alkyl halides is 2. The van der Waals surface area contributed by atoms with Crippen molar-refractivity contribution in [1.29, 1.82) is 0 Å². The summed E-state index contributed by atoms with van der Waals surface area (Å²) < 4.78 is 75.1. The van der Waals surface area contributed by atoms with Gasteiger partial charge in [-0.3, -0.25) is 4.79 Å². The lowest BCUT2D eigenvalue weighted by Gasteiger charge is -2.38. The van der Waals surface area contributed by atoms with E-state index >= 15 is 0 Å². The van der Waals surface area contributed by atoms with Gasteiger partial charge in [0.1, 0.15) is 21.5 Å². The second-order valence-electron chi connectivity index (χ2n) is 13.0. The summed E-state index contributed by atoms with van der Waals surface area (Å²) in [7, 11) is -2.52. The van der Waals surface area contributed by atoms with E-state index in [1.54, 1.807) is 46.0 Å². The number of sulfonamides is 1. The van der Waals surface area contributed by atoms with Crippen LogP contribution in [0.2, 0.25) is 0 Å². The molecule has 6 rings (SSSR count). The predicted octanol–water partition coefficient (Wildman–Crippen LogP) is 4.96. The van der Waals surface area contributed by atoms with Crippen LogP contribution in [0.5, 0.6) is 11.6 Å². The molecule has 2 aromatic heterocycles. The van der Waals surface area contributed by atoms with Crippen molar-refractivity contribution in [2.75, 3.05) is 19.8 Å². The first-order valence-electron chi connectivity index (χ1n) is 15.5. The number of carboxylic acids is 1. The molecule has 15 heteroatoms. The molecule has 0 unspecified atom stereocenters. The largest absolute Gasteiger partial charge is 0.481 e. The summed E-state index contributed by atoms with van der Waals surface area (Å²) in [5.74, 6) is -2.15. The lowest BCUT2D eigenvalue weighted by molar-refractivity contribution is -0.147. The van der Waals surface area contributed by atoms with Crippen molar-refractivity contribution in [2.24, 2.45) is 12.5 Å². The first-order chi connectivity index (χ1) is 22.6. The second-order valence-corrected chi connectivity index (χ2v) is 14.9. The van der Waals surface area contributed by atoms with Crippen LogP contribution in [0.1, 0.15) is 60.4 Å². The zero-order valence-electron chi connectivity index (χ0n) is 27.2. The van der Waals surface area contributed by atoms with Crippen LogP contribution in [0.25, 0.3) is 11.0 Å². The van der Waals surface area contributed by atoms with Crippen LogP contribution in [0.4, 0.5) is 8.78 Å². The van der Waals surface area contributed by atoms with E-state index in [0.717, 1.165) is 5.56 Å². The molecule has 1 atom stereocenters. The Morgan fingerprint density at radius 1 is 1.17 bits per heavy atom. The Bertz CT molecular complexity index is 1990. The zero-order chi connectivity index (χ0) is 34.6. The number of carboxylic acid groups (broad SMARTS) is 1. The van der Waals surface area contributed by atoms with Gasteiger partial charge in [0.2, 0.25) is 15.9 Å². The SMILES string of the molecule is Cc1ccc([C@@H](c2cc(OC(F)F)c3c(nnn3C)c2C)C(C)(C)C(=O)O)cc1CN1CC2(CCOCC2)Oc2ncccc2S1(=O)=O. The number of carbonyl (C=O) groups is 1. The number of aliphatic carboxylic acids is 1. The molecule has 48 heavy (non-hydrogen) atoms. The summed E-state index contributed by atoms with van der Waals surface area (Å²) in [5.41, 5.74) is 1.16. The van der Waals surface area contributed by atoms with Crippen molar-refractivity contribution in [3.8, 4) is 11.6 Å². The molecule has 0 saturated carbocycles. The van der Waals surface area contributed by atoms with Gasteiger partial charge in [-0.05, 0) is 73.7 Å². The van der Waals surface area contributed by atoms with Gasteiger partial charge in [-0.2, -0.15) is 13.1 Å². The van der Waals surface area contributed by atoms with Gasteiger partial charge in [0.05, 0.1) is 25.2 Å². The number of ether oxygens (including phenoxy) is 3. The number of aromatic nitrogens is 4. The number of nitrogens with zero attached hydrogens (tertiary/aromatic N) is 5. The van der Waals surface area contributed by atoms with Crippen molar-refractivity contribution in [1.82, 2.24) is 24.3 Å². The number of hydrogen-bond donors (Lipinski definition) is 1. The van der Waals surface area contributed by atoms with Crippen molar-refractivity contribution >= 4 is 27.0 Å². The topological polar surface area (TPSA) is 146 Å². The maximum Gasteiger partial charge on any atom is 0.387 e. The molecule has 2 aliphatic heterocycles. The molecule has 0 bridgehead atoms. The van der Waals surface area contributed by atoms with Crippen LogP contribution < -0.4 is 9.47 Å². The zero-order valence-corrected chi connectivity index (χ0v) is 28.1. The minimum absolute atomic E-state index is 0.0356. The number of halogens is 2. The highest BCUT2D eigenvalue weighted by Gasteiger charge is 2.46. The average molecular weight is 686 g/mol. The summed E-state index contributed by atoms with van der Waals surface area (Å²) in [4.78, 5) is 17.1. The van der Waals surface area contributed by atoms with Crippen LogP contribution in [0.15, 0.2) is 47.5 Å². The standard InChI is InChI=1S/C33H37F2N5O7S/c1-19-8-9-21(26(32(3,4)30(41)42)23-16-24(46-31(34)35)28-27(20(23)2)37-38-39(28)5)15-22(19)17-40-18-33(10-13-45-14-11-33)47-29-25(48(40,43)44)7-6-12-36-29/h6-9,12,15-16,26,31H,10-11,13-14,17-18H2,1-5H3,(H,41,42)/t26-/m0/s1. The van der Waals surface area contributed by atoms with E-state index in [2.05, 4.69) is 15.3 Å². The Kier molecular flexibility index (Phi) is 8.67. The molecule has 1 spiro atoms. The van der Waals surface area contributed by atoms with Crippen molar-refractivity contribution < 1.29 is 41.3 Å². The van der Waals surface area contributed by atoms with Gasteiger partial charge in [0.25, 0.3) is 0 Å². The Labute approximate surface area is 276 Å². The quantitative estimate of drug-likeness (QED) is 0.270. The minimum Gasteiger partial charge on any atom is -0.481 e. The molecule has 2 aromatic carbocycles. The fourth-order valence-electron chi connectivity index (χ4n) is 6.74. The molecule has 4 aromatic rings. The lowest BCUT2D eigenvalue weighted by atomic mass is 9.69. The maximum atomic E-state index is 14.2. The van der Waals surface area contributed by atoms with E-state index in [1.165, 1.54) is 27.3 Å². The highest BCUT2D eigenvalue weighted by atomic mass is 32.2. The molecule has 0 amide bonds. The molecular weight excluding hydrogens is 648 g/mol. The number of fused-ring (bicyclic) bond motifs is 2. The van der Waals surface area contributed by atoms with Gasteiger partial charge >= 0.3 is 12.6 Å². The van der Waals surface area contributed by atoms with E-state index in [1.807, 2.05) is 13.0 Å². The molecule has 0 aliphatic carbocycles. The van der Waals surface area contributed by atoms with Crippen LogP contribution in [-0.4, -0.2) is 75.7 Å². The predicted molar refractivity (Wildman–Crippen MR) is 170 cm³/mol. The van der Waals surface area contributed by atoms with Gasteiger partial charge in [0.15, 0.2) is 5.75 Å².